The molecular formula is C14H20N2O4. The van der Waals surface area contributed by atoms with Gasteiger partial charge < -0.3 is 20.1 Å². The van der Waals surface area contributed by atoms with Crippen molar-refractivity contribution in [2.45, 2.75) is 19.4 Å². The van der Waals surface area contributed by atoms with E-state index in [0.29, 0.717) is 11.4 Å². The van der Waals surface area contributed by atoms with Crippen LogP contribution in [0.15, 0.2) is 24.3 Å². The Hall–Kier alpha value is -2.08. The van der Waals surface area contributed by atoms with Gasteiger partial charge in [-0.05, 0) is 45.2 Å². The molecule has 20 heavy (non-hydrogen) atoms. The van der Waals surface area contributed by atoms with E-state index in [-0.39, 0.29) is 12.5 Å². The molecule has 0 aromatic heterocycles. The van der Waals surface area contributed by atoms with Gasteiger partial charge in [0.2, 0.25) is 5.91 Å². The number of carbonyl (C=O) groups excluding carboxylic acids is 2. The summed E-state index contributed by atoms with van der Waals surface area (Å²) in [7, 11) is 3.02. The summed E-state index contributed by atoms with van der Waals surface area (Å²) in [6.07, 6.45) is 0. The highest BCUT2D eigenvalue weighted by molar-refractivity contribution is 5.97. The van der Waals surface area contributed by atoms with Crippen molar-refractivity contribution in [2.24, 2.45) is 0 Å². The van der Waals surface area contributed by atoms with Crippen LogP contribution in [0.2, 0.25) is 0 Å². The molecule has 0 fully saturated rings. The number of likely N-dealkylation sites (N-methyl/N-ethyl adjacent to an activating group) is 1. The number of hydrogen-bond acceptors (Lipinski definition) is 5. The first kappa shape index (κ1) is 16.0. The van der Waals surface area contributed by atoms with Crippen LogP contribution >= 0.6 is 0 Å². The maximum Gasteiger partial charge on any atom is 0.343 e. The van der Waals surface area contributed by atoms with Crippen LogP contribution in [-0.4, -0.2) is 38.2 Å². The zero-order valence-electron chi connectivity index (χ0n) is 12.1. The van der Waals surface area contributed by atoms with Gasteiger partial charge in [-0.2, -0.15) is 0 Å². The molecule has 0 unspecified atom stereocenters. The van der Waals surface area contributed by atoms with Gasteiger partial charge in [-0.1, -0.05) is 0 Å². The van der Waals surface area contributed by atoms with Gasteiger partial charge in [0.1, 0.15) is 5.75 Å². The number of benzene rings is 1. The fourth-order valence-electron chi connectivity index (χ4n) is 1.24. The molecule has 0 saturated heterocycles. The van der Waals surface area contributed by atoms with Crippen molar-refractivity contribution in [3.63, 3.8) is 0 Å². The number of anilines is 1. The van der Waals surface area contributed by atoms with Crippen LogP contribution in [0, 0.1) is 0 Å². The molecule has 0 saturated carbocycles. The average molecular weight is 280 g/mol. The molecular weight excluding hydrogens is 260 g/mol. The Morgan fingerprint density at radius 3 is 2.30 bits per heavy atom. The summed E-state index contributed by atoms with van der Waals surface area (Å²) < 4.78 is 9.68. The number of nitrogens with one attached hydrogen (secondary N) is 2. The van der Waals surface area contributed by atoms with Crippen molar-refractivity contribution >= 4 is 17.6 Å². The fourth-order valence-corrected chi connectivity index (χ4v) is 1.24. The third kappa shape index (κ3) is 4.55. The molecule has 0 heterocycles. The van der Waals surface area contributed by atoms with Gasteiger partial charge in [0, 0.05) is 5.69 Å². The lowest BCUT2D eigenvalue weighted by molar-refractivity contribution is -0.142. The standard InChI is InChI=1S/C14H20N2O4/c1-14(2,15-3)13(18)16-10-5-7-11(8-6-10)20-9-12(17)19-4/h5-8,15H,9H2,1-4H3,(H,16,18). The summed E-state index contributed by atoms with van der Waals surface area (Å²) in [6, 6.07) is 6.75. The molecule has 1 amide bonds. The quantitative estimate of drug-likeness (QED) is 0.765. The number of amides is 1. The van der Waals surface area contributed by atoms with E-state index < -0.39 is 11.5 Å². The Kier molecular flexibility index (Phi) is 5.52. The second kappa shape index (κ2) is 6.91. The van der Waals surface area contributed by atoms with Crippen LogP contribution < -0.4 is 15.4 Å². The minimum atomic E-state index is -0.653. The summed E-state index contributed by atoms with van der Waals surface area (Å²) in [5.74, 6) is -0.0531. The molecule has 1 rings (SSSR count). The molecule has 1 aromatic carbocycles. The number of rotatable bonds is 6. The second-order valence-corrected chi connectivity index (χ2v) is 4.72. The first-order valence-corrected chi connectivity index (χ1v) is 6.19. The average Bonchev–Trinajstić information content (AvgIpc) is 2.46. The topological polar surface area (TPSA) is 76.7 Å². The summed E-state index contributed by atoms with van der Waals surface area (Å²) in [4.78, 5) is 22.9. The summed E-state index contributed by atoms with van der Waals surface area (Å²) in [5.41, 5.74) is 0.00352. The van der Waals surface area contributed by atoms with E-state index >= 15 is 0 Å². The Morgan fingerprint density at radius 2 is 1.80 bits per heavy atom. The highest BCUT2D eigenvalue weighted by Crippen LogP contribution is 2.17. The van der Waals surface area contributed by atoms with Crippen molar-refractivity contribution in [1.82, 2.24) is 5.32 Å². The first-order valence-electron chi connectivity index (χ1n) is 6.19. The van der Waals surface area contributed by atoms with Gasteiger partial charge in [-0.15, -0.1) is 0 Å². The van der Waals surface area contributed by atoms with Crippen LogP contribution in [-0.2, 0) is 14.3 Å². The van der Waals surface area contributed by atoms with Gasteiger partial charge >= 0.3 is 5.97 Å². The van der Waals surface area contributed by atoms with Gasteiger partial charge in [0.25, 0.3) is 0 Å². The molecule has 0 aliphatic rings. The van der Waals surface area contributed by atoms with E-state index in [2.05, 4.69) is 15.4 Å². The Labute approximate surface area is 118 Å². The zero-order valence-corrected chi connectivity index (χ0v) is 12.1. The molecule has 0 radical (unpaired) electrons. The van der Waals surface area contributed by atoms with Crippen molar-refractivity contribution in [2.75, 3.05) is 26.1 Å². The summed E-state index contributed by atoms with van der Waals surface area (Å²) in [6.45, 7) is 3.43. The maximum absolute atomic E-state index is 11.9. The van der Waals surface area contributed by atoms with E-state index in [1.165, 1.54) is 7.11 Å². The normalized spacial score (nSPS) is 10.8. The van der Waals surface area contributed by atoms with Crippen LogP contribution in [0.5, 0.6) is 5.75 Å². The predicted octanol–water partition coefficient (Wildman–Crippen LogP) is 1.17. The van der Waals surface area contributed by atoms with E-state index in [1.807, 2.05) is 0 Å². The summed E-state index contributed by atoms with van der Waals surface area (Å²) >= 11 is 0. The molecule has 1 aromatic rings. The third-order valence-electron chi connectivity index (χ3n) is 2.89. The molecule has 0 aliphatic carbocycles. The molecule has 0 aliphatic heterocycles. The van der Waals surface area contributed by atoms with Crippen LogP contribution in [0.4, 0.5) is 5.69 Å². The Morgan fingerprint density at radius 1 is 1.20 bits per heavy atom. The van der Waals surface area contributed by atoms with E-state index in [9.17, 15) is 9.59 Å². The Balaban J connectivity index is 2.59. The number of esters is 1. The number of carbonyl (C=O) groups is 2. The SMILES string of the molecule is CNC(C)(C)C(=O)Nc1ccc(OCC(=O)OC)cc1. The molecule has 2 N–H and O–H groups in total. The van der Waals surface area contributed by atoms with Gasteiger partial charge in [-0.25, -0.2) is 4.79 Å². The van der Waals surface area contributed by atoms with Gasteiger partial charge in [0.15, 0.2) is 6.61 Å². The minimum Gasteiger partial charge on any atom is -0.482 e. The third-order valence-corrected chi connectivity index (χ3v) is 2.89. The first-order chi connectivity index (χ1) is 9.39. The van der Waals surface area contributed by atoms with Gasteiger partial charge in [-0.3, -0.25) is 4.79 Å². The van der Waals surface area contributed by atoms with Crippen LogP contribution in [0.25, 0.3) is 0 Å². The predicted molar refractivity (Wildman–Crippen MR) is 75.7 cm³/mol. The molecule has 110 valence electrons. The lowest BCUT2D eigenvalue weighted by Gasteiger charge is -2.22. The van der Waals surface area contributed by atoms with Crippen molar-refractivity contribution in [3.8, 4) is 5.75 Å². The Bertz CT molecular complexity index is 469. The molecule has 6 nitrogen and oxygen atoms in total. The minimum absolute atomic E-state index is 0.136. The van der Waals surface area contributed by atoms with E-state index in [4.69, 9.17) is 4.74 Å². The number of ether oxygens (including phenoxy) is 2. The van der Waals surface area contributed by atoms with Crippen molar-refractivity contribution in [3.05, 3.63) is 24.3 Å². The maximum atomic E-state index is 11.9. The highest BCUT2D eigenvalue weighted by Gasteiger charge is 2.24. The lowest BCUT2D eigenvalue weighted by Crippen LogP contribution is -2.47. The number of methoxy groups -OCH3 is 1. The van der Waals surface area contributed by atoms with E-state index in [0.717, 1.165) is 0 Å². The van der Waals surface area contributed by atoms with Crippen molar-refractivity contribution < 1.29 is 19.1 Å². The largest absolute Gasteiger partial charge is 0.482 e. The fraction of sp³-hybridized carbons (Fsp3) is 0.429. The molecule has 6 heteroatoms. The number of hydrogen-bond donors (Lipinski definition) is 2. The smallest absolute Gasteiger partial charge is 0.343 e. The lowest BCUT2D eigenvalue weighted by atomic mass is 10.1. The van der Waals surface area contributed by atoms with Gasteiger partial charge in [0.05, 0.1) is 12.6 Å². The molecule has 0 spiro atoms. The summed E-state index contributed by atoms with van der Waals surface area (Å²) in [5, 5.41) is 5.71. The van der Waals surface area contributed by atoms with E-state index in [1.54, 1.807) is 45.2 Å². The monoisotopic (exact) mass is 280 g/mol. The molecule has 0 atom stereocenters. The van der Waals surface area contributed by atoms with Crippen molar-refractivity contribution in [1.29, 1.82) is 0 Å². The highest BCUT2D eigenvalue weighted by atomic mass is 16.6. The van der Waals surface area contributed by atoms with Crippen LogP contribution in [0.3, 0.4) is 0 Å². The van der Waals surface area contributed by atoms with Crippen LogP contribution in [0.1, 0.15) is 13.8 Å². The second-order valence-electron chi connectivity index (χ2n) is 4.72. The molecule has 0 bridgehead atoms. The zero-order chi connectivity index (χ0) is 15.2.